The van der Waals surface area contributed by atoms with Crippen LogP contribution in [0.25, 0.3) is 0 Å². The van der Waals surface area contributed by atoms with Crippen molar-refractivity contribution in [1.29, 1.82) is 0 Å². The molecule has 0 aliphatic carbocycles. The molecule has 0 fully saturated rings. The van der Waals surface area contributed by atoms with Gasteiger partial charge in [0.15, 0.2) is 9.84 Å². The van der Waals surface area contributed by atoms with Crippen LogP contribution in [0.2, 0.25) is 5.02 Å². The molecule has 0 radical (unpaired) electrons. The first kappa shape index (κ1) is 14.4. The first-order chi connectivity index (χ1) is 8.98. The van der Waals surface area contributed by atoms with Gasteiger partial charge in [0.05, 0.1) is 4.90 Å². The molecule has 2 nitrogen and oxygen atoms in total. The summed E-state index contributed by atoms with van der Waals surface area (Å²) in [6.45, 7) is 0. The van der Waals surface area contributed by atoms with Gasteiger partial charge in [0.2, 0.25) is 0 Å². The maximum absolute atomic E-state index is 11.7. The zero-order chi connectivity index (χ0) is 13.9. The number of hydrogen-bond donors (Lipinski definition) is 0. The predicted molar refractivity (Wildman–Crippen MR) is 80.6 cm³/mol. The van der Waals surface area contributed by atoms with Crippen LogP contribution in [0.5, 0.6) is 0 Å². The lowest BCUT2D eigenvalue weighted by atomic mass is 10.2. The van der Waals surface area contributed by atoms with E-state index < -0.39 is 9.84 Å². The highest BCUT2D eigenvalue weighted by Gasteiger charge is 2.13. The summed E-state index contributed by atoms with van der Waals surface area (Å²) in [6, 6.07) is 14.6. The van der Waals surface area contributed by atoms with E-state index in [4.69, 9.17) is 11.6 Å². The van der Waals surface area contributed by atoms with E-state index in [-0.39, 0.29) is 0 Å². The van der Waals surface area contributed by atoms with Crippen molar-refractivity contribution in [1.82, 2.24) is 0 Å². The fourth-order valence-electron chi connectivity index (χ4n) is 1.65. The van der Waals surface area contributed by atoms with Crippen LogP contribution >= 0.6 is 23.4 Å². The Kier molecular flexibility index (Phi) is 4.55. The van der Waals surface area contributed by atoms with Crippen LogP contribution in [0.4, 0.5) is 0 Å². The van der Waals surface area contributed by atoms with Gasteiger partial charge < -0.3 is 0 Å². The molecule has 2 aromatic rings. The van der Waals surface area contributed by atoms with E-state index in [9.17, 15) is 8.42 Å². The molecule has 0 heterocycles. The SMILES string of the molecule is CS(=O)(=O)c1ccccc1SCc1ccccc1Cl. The Balaban J connectivity index is 2.24. The van der Waals surface area contributed by atoms with E-state index in [1.807, 2.05) is 36.4 Å². The minimum Gasteiger partial charge on any atom is -0.224 e. The first-order valence-corrected chi connectivity index (χ1v) is 8.89. The van der Waals surface area contributed by atoms with Crippen LogP contribution in [0.3, 0.4) is 0 Å². The van der Waals surface area contributed by atoms with Crippen molar-refractivity contribution >= 4 is 33.2 Å². The molecule has 0 unspecified atom stereocenters. The quantitative estimate of drug-likeness (QED) is 0.799. The second-order valence-electron chi connectivity index (χ2n) is 4.10. The van der Waals surface area contributed by atoms with Crippen LogP contribution in [-0.4, -0.2) is 14.7 Å². The lowest BCUT2D eigenvalue weighted by molar-refractivity contribution is 0.600. The Morgan fingerprint density at radius 2 is 1.68 bits per heavy atom. The highest BCUT2D eigenvalue weighted by molar-refractivity contribution is 7.99. The van der Waals surface area contributed by atoms with Gasteiger partial charge in [-0.15, -0.1) is 11.8 Å². The zero-order valence-electron chi connectivity index (χ0n) is 10.3. The smallest absolute Gasteiger partial charge is 0.176 e. The van der Waals surface area contributed by atoms with Gasteiger partial charge in [0.25, 0.3) is 0 Å². The molecule has 0 saturated heterocycles. The third-order valence-electron chi connectivity index (χ3n) is 2.59. The molecule has 100 valence electrons. The van der Waals surface area contributed by atoms with Crippen LogP contribution in [0, 0.1) is 0 Å². The van der Waals surface area contributed by atoms with Crippen molar-refractivity contribution < 1.29 is 8.42 Å². The van der Waals surface area contributed by atoms with Crippen molar-refractivity contribution in [3.8, 4) is 0 Å². The van der Waals surface area contributed by atoms with Crippen molar-refractivity contribution in [2.45, 2.75) is 15.5 Å². The summed E-state index contributed by atoms with van der Waals surface area (Å²) in [5, 5.41) is 0.701. The lowest BCUT2D eigenvalue weighted by Crippen LogP contribution is -1.99. The number of benzene rings is 2. The Hall–Kier alpha value is -0.970. The monoisotopic (exact) mass is 312 g/mol. The normalized spacial score (nSPS) is 11.5. The molecule has 0 aliphatic rings. The average Bonchev–Trinajstić information content (AvgIpc) is 2.37. The van der Waals surface area contributed by atoms with E-state index in [1.165, 1.54) is 18.0 Å². The second kappa shape index (κ2) is 5.99. The molecule has 0 aliphatic heterocycles. The Bertz CT molecular complexity index is 681. The standard InChI is InChI=1S/C14H13ClO2S2/c1-19(16,17)14-9-5-4-8-13(14)18-10-11-6-2-3-7-12(11)15/h2-9H,10H2,1H3. The summed E-state index contributed by atoms with van der Waals surface area (Å²) in [5.74, 6) is 0.645. The summed E-state index contributed by atoms with van der Waals surface area (Å²) in [7, 11) is -3.20. The molecule has 0 N–H and O–H groups in total. The summed E-state index contributed by atoms with van der Waals surface area (Å²) in [5.41, 5.74) is 0.998. The van der Waals surface area contributed by atoms with Crippen molar-refractivity contribution in [3.63, 3.8) is 0 Å². The fraction of sp³-hybridized carbons (Fsp3) is 0.143. The number of hydrogen-bond acceptors (Lipinski definition) is 3. The topological polar surface area (TPSA) is 34.1 Å². The largest absolute Gasteiger partial charge is 0.224 e. The summed E-state index contributed by atoms with van der Waals surface area (Å²) in [6.07, 6.45) is 1.22. The number of rotatable bonds is 4. The molecule has 2 rings (SSSR count). The van der Waals surface area contributed by atoms with Gasteiger partial charge >= 0.3 is 0 Å². The van der Waals surface area contributed by atoms with E-state index in [2.05, 4.69) is 0 Å². The van der Waals surface area contributed by atoms with Crippen LogP contribution in [0.15, 0.2) is 58.3 Å². The maximum Gasteiger partial charge on any atom is 0.176 e. The molecular weight excluding hydrogens is 300 g/mol. The third-order valence-corrected chi connectivity index (χ3v) is 5.36. The van der Waals surface area contributed by atoms with E-state index in [0.29, 0.717) is 15.7 Å². The van der Waals surface area contributed by atoms with Gasteiger partial charge in [-0.25, -0.2) is 8.42 Å². The van der Waals surface area contributed by atoms with Gasteiger partial charge in [0, 0.05) is 21.9 Å². The minimum atomic E-state index is -3.20. The molecule has 2 aromatic carbocycles. The molecule has 0 amide bonds. The van der Waals surface area contributed by atoms with Crippen LogP contribution in [-0.2, 0) is 15.6 Å². The highest BCUT2D eigenvalue weighted by atomic mass is 35.5. The van der Waals surface area contributed by atoms with Gasteiger partial charge in [0.1, 0.15) is 0 Å². The van der Waals surface area contributed by atoms with Crippen molar-refractivity contribution in [2.75, 3.05) is 6.26 Å². The van der Waals surface area contributed by atoms with Crippen LogP contribution in [0.1, 0.15) is 5.56 Å². The second-order valence-corrected chi connectivity index (χ2v) is 7.51. The Labute approximate surface area is 122 Å². The lowest BCUT2D eigenvalue weighted by Gasteiger charge is -2.08. The maximum atomic E-state index is 11.7. The molecule has 0 atom stereocenters. The Morgan fingerprint density at radius 1 is 1.05 bits per heavy atom. The predicted octanol–water partition coefficient (Wildman–Crippen LogP) is 4.04. The molecule has 19 heavy (non-hydrogen) atoms. The highest BCUT2D eigenvalue weighted by Crippen LogP contribution is 2.31. The van der Waals surface area contributed by atoms with Crippen LogP contribution < -0.4 is 0 Å². The van der Waals surface area contributed by atoms with E-state index in [0.717, 1.165) is 10.5 Å². The average molecular weight is 313 g/mol. The molecular formula is C14H13ClO2S2. The number of thioether (sulfide) groups is 1. The molecule has 0 saturated carbocycles. The van der Waals surface area contributed by atoms with Crippen molar-refractivity contribution in [3.05, 3.63) is 59.1 Å². The molecule has 0 spiro atoms. The van der Waals surface area contributed by atoms with Gasteiger partial charge in [-0.2, -0.15) is 0 Å². The van der Waals surface area contributed by atoms with Gasteiger partial charge in [-0.05, 0) is 23.8 Å². The summed E-state index contributed by atoms with van der Waals surface area (Å²) >= 11 is 7.57. The molecule has 0 bridgehead atoms. The molecule has 5 heteroatoms. The van der Waals surface area contributed by atoms with Crippen molar-refractivity contribution in [2.24, 2.45) is 0 Å². The van der Waals surface area contributed by atoms with Gasteiger partial charge in [-0.3, -0.25) is 0 Å². The fourth-order valence-corrected chi connectivity index (χ4v) is 4.27. The first-order valence-electron chi connectivity index (χ1n) is 5.64. The number of sulfone groups is 1. The summed E-state index contributed by atoms with van der Waals surface area (Å²) in [4.78, 5) is 1.12. The number of halogens is 1. The third kappa shape index (κ3) is 3.75. The van der Waals surface area contributed by atoms with Gasteiger partial charge in [-0.1, -0.05) is 41.9 Å². The van der Waals surface area contributed by atoms with E-state index in [1.54, 1.807) is 12.1 Å². The minimum absolute atomic E-state index is 0.368. The Morgan fingerprint density at radius 3 is 2.37 bits per heavy atom. The van der Waals surface area contributed by atoms with E-state index >= 15 is 0 Å². The summed E-state index contributed by atoms with van der Waals surface area (Å²) < 4.78 is 23.4. The molecule has 0 aromatic heterocycles. The zero-order valence-corrected chi connectivity index (χ0v) is 12.7.